The molecular weight excluding hydrogens is 188 g/mol. The number of aldehydes is 1. The van der Waals surface area contributed by atoms with E-state index in [0.29, 0.717) is 11.5 Å². The minimum atomic E-state index is 0.674. The third-order valence-electron chi connectivity index (χ3n) is 2.73. The molecule has 1 fully saturated rings. The summed E-state index contributed by atoms with van der Waals surface area (Å²) >= 11 is 0. The SMILES string of the molecule is Cc1cc(C)c(OCC2CC2)c(C=O)c1. The first-order chi connectivity index (χ1) is 7.20. The number of carbonyl (C=O) groups excluding carboxylic acids is 1. The maximum atomic E-state index is 10.9. The van der Waals surface area contributed by atoms with Crippen LogP contribution in [0.5, 0.6) is 5.75 Å². The highest BCUT2D eigenvalue weighted by molar-refractivity contribution is 5.80. The fourth-order valence-corrected chi connectivity index (χ4v) is 1.76. The predicted octanol–water partition coefficient (Wildman–Crippen LogP) is 2.90. The maximum absolute atomic E-state index is 10.9. The number of hydrogen-bond donors (Lipinski definition) is 0. The fourth-order valence-electron chi connectivity index (χ4n) is 1.76. The molecule has 1 aromatic carbocycles. The van der Waals surface area contributed by atoms with Gasteiger partial charge in [0.05, 0.1) is 12.2 Å². The summed E-state index contributed by atoms with van der Waals surface area (Å²) in [7, 11) is 0. The number of aryl methyl sites for hydroxylation is 2. The second-order valence-corrected chi connectivity index (χ2v) is 4.37. The number of benzene rings is 1. The largest absolute Gasteiger partial charge is 0.492 e. The van der Waals surface area contributed by atoms with Gasteiger partial charge in [0.25, 0.3) is 0 Å². The Labute approximate surface area is 90.3 Å². The molecule has 0 N–H and O–H groups in total. The van der Waals surface area contributed by atoms with Crippen molar-refractivity contribution >= 4 is 6.29 Å². The summed E-state index contributed by atoms with van der Waals surface area (Å²) < 4.78 is 5.71. The van der Waals surface area contributed by atoms with E-state index < -0.39 is 0 Å². The van der Waals surface area contributed by atoms with Crippen LogP contribution in [-0.2, 0) is 0 Å². The number of rotatable bonds is 4. The first-order valence-corrected chi connectivity index (χ1v) is 5.40. The lowest BCUT2D eigenvalue weighted by molar-refractivity contribution is 0.111. The van der Waals surface area contributed by atoms with Gasteiger partial charge in [-0.25, -0.2) is 0 Å². The van der Waals surface area contributed by atoms with Gasteiger partial charge in [0.2, 0.25) is 0 Å². The van der Waals surface area contributed by atoms with Gasteiger partial charge < -0.3 is 4.74 Å². The van der Waals surface area contributed by atoms with E-state index in [2.05, 4.69) is 6.07 Å². The van der Waals surface area contributed by atoms with E-state index in [0.717, 1.165) is 29.8 Å². The highest BCUT2D eigenvalue weighted by Gasteiger charge is 2.22. The van der Waals surface area contributed by atoms with E-state index in [1.807, 2.05) is 19.9 Å². The minimum Gasteiger partial charge on any atom is -0.492 e. The quantitative estimate of drug-likeness (QED) is 0.705. The molecule has 0 atom stereocenters. The first-order valence-electron chi connectivity index (χ1n) is 5.40. The lowest BCUT2D eigenvalue weighted by Gasteiger charge is -2.11. The van der Waals surface area contributed by atoms with Crippen LogP contribution in [0.2, 0.25) is 0 Å². The lowest BCUT2D eigenvalue weighted by Crippen LogP contribution is -2.03. The molecule has 0 aromatic heterocycles. The normalized spacial score (nSPS) is 15.1. The minimum absolute atomic E-state index is 0.674. The molecule has 0 unspecified atom stereocenters. The van der Waals surface area contributed by atoms with Crippen molar-refractivity contribution in [3.63, 3.8) is 0 Å². The standard InChI is InChI=1S/C13H16O2/c1-9-5-10(2)13(12(6-9)7-14)15-8-11-3-4-11/h5-7,11H,3-4,8H2,1-2H3. The Hall–Kier alpha value is -1.31. The van der Waals surface area contributed by atoms with Crippen molar-refractivity contribution in [1.82, 2.24) is 0 Å². The topological polar surface area (TPSA) is 26.3 Å². The van der Waals surface area contributed by atoms with Crippen molar-refractivity contribution in [2.45, 2.75) is 26.7 Å². The van der Waals surface area contributed by atoms with Crippen LogP contribution in [-0.4, -0.2) is 12.9 Å². The van der Waals surface area contributed by atoms with Crippen molar-refractivity contribution in [3.05, 3.63) is 28.8 Å². The molecule has 1 aromatic rings. The summed E-state index contributed by atoms with van der Waals surface area (Å²) in [6, 6.07) is 3.93. The van der Waals surface area contributed by atoms with Crippen LogP contribution in [0.3, 0.4) is 0 Å². The second-order valence-electron chi connectivity index (χ2n) is 4.37. The third-order valence-corrected chi connectivity index (χ3v) is 2.73. The van der Waals surface area contributed by atoms with Crippen LogP contribution in [0.15, 0.2) is 12.1 Å². The van der Waals surface area contributed by atoms with E-state index in [-0.39, 0.29) is 0 Å². The summed E-state index contributed by atoms with van der Waals surface area (Å²) in [6.45, 7) is 4.73. The van der Waals surface area contributed by atoms with Crippen LogP contribution in [0, 0.1) is 19.8 Å². The molecule has 2 nitrogen and oxygen atoms in total. The first kappa shape index (κ1) is 10.2. The molecule has 1 saturated carbocycles. The van der Waals surface area contributed by atoms with Crippen molar-refractivity contribution < 1.29 is 9.53 Å². The van der Waals surface area contributed by atoms with Gasteiger partial charge in [0.15, 0.2) is 6.29 Å². The molecule has 1 aliphatic rings. The Morgan fingerprint density at radius 2 is 2.13 bits per heavy atom. The molecule has 80 valence electrons. The Balaban J connectivity index is 2.21. The average Bonchev–Trinajstić information content (AvgIpc) is 2.99. The van der Waals surface area contributed by atoms with Gasteiger partial charge in [-0.15, -0.1) is 0 Å². The summed E-state index contributed by atoms with van der Waals surface area (Å²) in [5, 5.41) is 0. The van der Waals surface area contributed by atoms with E-state index in [4.69, 9.17) is 4.74 Å². The van der Waals surface area contributed by atoms with Gasteiger partial charge in [0.1, 0.15) is 5.75 Å². The van der Waals surface area contributed by atoms with E-state index >= 15 is 0 Å². The second kappa shape index (κ2) is 4.05. The van der Waals surface area contributed by atoms with Crippen LogP contribution in [0.4, 0.5) is 0 Å². The molecule has 1 aliphatic carbocycles. The monoisotopic (exact) mass is 204 g/mol. The highest BCUT2D eigenvalue weighted by atomic mass is 16.5. The van der Waals surface area contributed by atoms with Gasteiger partial charge in [-0.05, 0) is 49.8 Å². The van der Waals surface area contributed by atoms with Crippen LogP contribution in [0.1, 0.15) is 34.3 Å². The number of carbonyl (C=O) groups is 1. The molecule has 15 heavy (non-hydrogen) atoms. The van der Waals surface area contributed by atoms with Crippen LogP contribution in [0.25, 0.3) is 0 Å². The van der Waals surface area contributed by atoms with Gasteiger partial charge in [-0.2, -0.15) is 0 Å². The molecule has 0 bridgehead atoms. The van der Waals surface area contributed by atoms with Crippen molar-refractivity contribution in [2.24, 2.45) is 5.92 Å². The molecule has 0 aliphatic heterocycles. The van der Waals surface area contributed by atoms with E-state index in [1.54, 1.807) is 0 Å². The predicted molar refractivity (Wildman–Crippen MR) is 59.5 cm³/mol. The highest BCUT2D eigenvalue weighted by Crippen LogP contribution is 2.31. The molecule has 0 amide bonds. The zero-order valence-electron chi connectivity index (χ0n) is 9.25. The molecule has 2 heteroatoms. The Morgan fingerprint density at radius 1 is 1.40 bits per heavy atom. The number of ether oxygens (including phenoxy) is 1. The van der Waals surface area contributed by atoms with E-state index in [1.165, 1.54) is 12.8 Å². The Morgan fingerprint density at radius 3 is 2.73 bits per heavy atom. The zero-order valence-corrected chi connectivity index (χ0v) is 9.25. The van der Waals surface area contributed by atoms with E-state index in [9.17, 15) is 4.79 Å². The molecule has 0 saturated heterocycles. The maximum Gasteiger partial charge on any atom is 0.153 e. The molecule has 2 rings (SSSR count). The summed E-state index contributed by atoms with van der Waals surface area (Å²) in [4.78, 5) is 10.9. The Kier molecular flexibility index (Phi) is 2.76. The zero-order chi connectivity index (χ0) is 10.8. The van der Waals surface area contributed by atoms with Gasteiger partial charge in [-0.3, -0.25) is 4.79 Å². The fraction of sp³-hybridized carbons (Fsp3) is 0.462. The molecule has 0 heterocycles. The van der Waals surface area contributed by atoms with Gasteiger partial charge >= 0.3 is 0 Å². The van der Waals surface area contributed by atoms with Crippen molar-refractivity contribution in [3.8, 4) is 5.75 Å². The average molecular weight is 204 g/mol. The lowest BCUT2D eigenvalue weighted by atomic mass is 10.1. The van der Waals surface area contributed by atoms with Crippen LogP contribution >= 0.6 is 0 Å². The van der Waals surface area contributed by atoms with Crippen LogP contribution < -0.4 is 4.74 Å². The third kappa shape index (κ3) is 2.38. The van der Waals surface area contributed by atoms with Crippen molar-refractivity contribution in [2.75, 3.05) is 6.61 Å². The Bertz CT molecular complexity index is 378. The summed E-state index contributed by atoms with van der Waals surface area (Å²) in [6.07, 6.45) is 3.41. The molecular formula is C13H16O2. The smallest absolute Gasteiger partial charge is 0.153 e. The molecule has 0 radical (unpaired) electrons. The van der Waals surface area contributed by atoms with Gasteiger partial charge in [0, 0.05) is 0 Å². The molecule has 0 spiro atoms. The van der Waals surface area contributed by atoms with Gasteiger partial charge in [-0.1, -0.05) is 6.07 Å². The summed E-state index contributed by atoms with van der Waals surface area (Å²) in [5.74, 6) is 1.48. The summed E-state index contributed by atoms with van der Waals surface area (Å²) in [5.41, 5.74) is 2.83. The number of hydrogen-bond acceptors (Lipinski definition) is 2. The van der Waals surface area contributed by atoms with Crippen molar-refractivity contribution in [1.29, 1.82) is 0 Å².